The highest BCUT2D eigenvalue weighted by Crippen LogP contribution is 2.61. The molecule has 19 nitrogen and oxygen atoms in total. The van der Waals surface area contributed by atoms with Gasteiger partial charge in [-0.1, -0.05) is 0 Å². The van der Waals surface area contributed by atoms with Crippen molar-refractivity contribution >= 4 is 15.6 Å². The van der Waals surface area contributed by atoms with E-state index in [1.54, 1.807) is 0 Å². The van der Waals surface area contributed by atoms with Gasteiger partial charge in [0.25, 0.3) is 5.56 Å². The second kappa shape index (κ2) is 11.2. The van der Waals surface area contributed by atoms with E-state index in [4.69, 9.17) is 14.6 Å². The summed E-state index contributed by atoms with van der Waals surface area (Å²) in [4.78, 5) is 44.5. The van der Waals surface area contributed by atoms with E-state index in [0.29, 0.717) is 0 Å². The van der Waals surface area contributed by atoms with Gasteiger partial charge < -0.3 is 49.9 Å². The SMILES string of the molecule is O=c1ccn([C@@H]2O[C@H](COP(=O)(O)OP(=O)(O)O[C@H]3O[C@H](CO)[C@H](O)C(O)[C@H]3O)[C@@H](O)[C@H]2O)c(=O)[nH]1. The largest absolute Gasteiger partial charge is 0.483 e. The number of phosphoric acid groups is 2. The Kier molecular flexibility index (Phi) is 9.05. The molecule has 0 saturated carbocycles. The Labute approximate surface area is 199 Å². The molecule has 0 spiro atoms. The minimum absolute atomic E-state index is 0.723. The van der Waals surface area contributed by atoms with Crippen molar-refractivity contribution in [2.45, 2.75) is 55.2 Å². The zero-order chi connectivity index (χ0) is 27.0. The van der Waals surface area contributed by atoms with Crippen LogP contribution in [-0.4, -0.2) is 112 Å². The number of nitrogens with zero attached hydrogens (tertiary/aromatic N) is 1. The van der Waals surface area contributed by atoms with Crippen molar-refractivity contribution in [3.05, 3.63) is 33.1 Å². The summed E-state index contributed by atoms with van der Waals surface area (Å²) in [5.41, 5.74) is -1.75. The zero-order valence-electron chi connectivity index (χ0n) is 17.9. The highest BCUT2D eigenvalue weighted by Gasteiger charge is 2.49. The molecule has 36 heavy (non-hydrogen) atoms. The Balaban J connectivity index is 1.61. The van der Waals surface area contributed by atoms with E-state index in [-0.39, 0.29) is 0 Å². The lowest BCUT2D eigenvalue weighted by Crippen LogP contribution is -2.58. The van der Waals surface area contributed by atoms with Crippen LogP contribution in [0.15, 0.2) is 21.9 Å². The van der Waals surface area contributed by atoms with Gasteiger partial charge in [-0.25, -0.2) is 13.9 Å². The van der Waals surface area contributed by atoms with Crippen molar-refractivity contribution in [2.24, 2.45) is 0 Å². The smallest absolute Gasteiger partial charge is 0.394 e. The van der Waals surface area contributed by atoms with Gasteiger partial charge in [-0.05, 0) is 0 Å². The van der Waals surface area contributed by atoms with Gasteiger partial charge in [0.2, 0.25) is 0 Å². The van der Waals surface area contributed by atoms with Crippen LogP contribution in [-0.2, 0) is 32.0 Å². The molecule has 1 aromatic rings. The van der Waals surface area contributed by atoms with E-state index in [2.05, 4.69) is 13.4 Å². The third-order valence-electron chi connectivity index (χ3n) is 5.16. The van der Waals surface area contributed by atoms with Gasteiger partial charge in [0.05, 0.1) is 13.2 Å². The van der Waals surface area contributed by atoms with Crippen molar-refractivity contribution in [3.63, 3.8) is 0 Å². The molecule has 3 unspecified atom stereocenters. The average molecular weight is 566 g/mol. The van der Waals surface area contributed by atoms with Gasteiger partial charge in [0.1, 0.15) is 42.7 Å². The van der Waals surface area contributed by atoms with E-state index >= 15 is 0 Å². The molecular formula is C15H24N2O17P2. The number of aromatic nitrogens is 2. The predicted octanol–water partition coefficient (Wildman–Crippen LogP) is -4.79. The van der Waals surface area contributed by atoms with Crippen LogP contribution in [0, 0.1) is 0 Å². The van der Waals surface area contributed by atoms with Crippen LogP contribution in [0.25, 0.3) is 0 Å². The van der Waals surface area contributed by atoms with E-state index in [1.807, 2.05) is 4.98 Å². The number of H-pyrrole nitrogens is 1. The quantitative estimate of drug-likeness (QED) is 0.127. The number of hydrogen-bond donors (Lipinski definition) is 9. The summed E-state index contributed by atoms with van der Waals surface area (Å²) >= 11 is 0. The Morgan fingerprint density at radius 2 is 1.56 bits per heavy atom. The average Bonchev–Trinajstić information content (AvgIpc) is 3.06. The molecule has 2 aliphatic heterocycles. The molecule has 3 heterocycles. The van der Waals surface area contributed by atoms with Crippen LogP contribution in [0.1, 0.15) is 6.23 Å². The van der Waals surface area contributed by atoms with E-state index in [0.717, 1.165) is 16.8 Å². The molecule has 2 saturated heterocycles. The molecule has 0 amide bonds. The highest BCUT2D eigenvalue weighted by molar-refractivity contribution is 7.61. The molecule has 2 aliphatic rings. The summed E-state index contributed by atoms with van der Waals surface area (Å²) in [5.74, 6) is 0. The van der Waals surface area contributed by atoms with E-state index in [1.165, 1.54) is 0 Å². The zero-order valence-corrected chi connectivity index (χ0v) is 19.6. The first-order chi connectivity index (χ1) is 16.7. The summed E-state index contributed by atoms with van der Waals surface area (Å²) in [7, 11) is -11.1. The number of rotatable bonds is 9. The molecule has 11 atom stereocenters. The van der Waals surface area contributed by atoms with Crippen LogP contribution in [0.2, 0.25) is 0 Å². The first kappa shape index (κ1) is 29.2. The standard InChI is InChI=1S/C15H24N2O17P2/c18-3-5-8(20)10(22)12(24)14(32-5)33-36(28,29)34-35(26,27)30-4-6-9(21)11(23)13(31-6)17-2-1-7(19)16-15(17)25/h1-2,5-6,8-14,18,20-24H,3-4H2,(H,26,27)(H,28,29)(H,16,19,25)/t5-,6-,8+,9-,10?,11-,12-,13-,14-/m1/s1. The molecule has 9 N–H and O–H groups in total. The molecule has 2 fully saturated rings. The number of nitrogens with one attached hydrogen (secondary N) is 1. The van der Waals surface area contributed by atoms with Gasteiger partial charge in [-0.2, -0.15) is 4.31 Å². The molecule has 0 aromatic carbocycles. The molecular weight excluding hydrogens is 542 g/mol. The molecule has 0 aliphatic carbocycles. The van der Waals surface area contributed by atoms with Crippen LogP contribution in [0.4, 0.5) is 0 Å². The summed E-state index contributed by atoms with van der Waals surface area (Å²) in [6.07, 6.45) is -15.4. The fourth-order valence-corrected chi connectivity index (χ4v) is 5.51. The third-order valence-corrected chi connectivity index (χ3v) is 7.76. The molecule has 3 rings (SSSR count). The minimum Gasteiger partial charge on any atom is -0.394 e. The van der Waals surface area contributed by atoms with Crippen LogP contribution in [0.3, 0.4) is 0 Å². The van der Waals surface area contributed by atoms with Gasteiger partial charge >= 0.3 is 21.3 Å². The maximum absolute atomic E-state index is 12.2. The third kappa shape index (κ3) is 6.54. The van der Waals surface area contributed by atoms with Crippen molar-refractivity contribution < 1.29 is 72.4 Å². The number of aliphatic hydroxyl groups is 6. The maximum Gasteiger partial charge on any atom is 0.483 e. The van der Waals surface area contributed by atoms with Crippen molar-refractivity contribution in [1.29, 1.82) is 0 Å². The number of aliphatic hydroxyl groups excluding tert-OH is 6. The minimum atomic E-state index is -5.59. The van der Waals surface area contributed by atoms with Gasteiger partial charge in [-0.15, -0.1) is 0 Å². The van der Waals surface area contributed by atoms with Gasteiger partial charge in [-0.3, -0.25) is 23.4 Å². The second-order valence-corrected chi connectivity index (χ2v) is 10.7. The lowest BCUT2D eigenvalue weighted by molar-refractivity contribution is -0.280. The fraction of sp³-hybridized carbons (Fsp3) is 0.733. The predicted molar refractivity (Wildman–Crippen MR) is 109 cm³/mol. The molecule has 1 aromatic heterocycles. The van der Waals surface area contributed by atoms with Crippen LogP contribution in [0.5, 0.6) is 0 Å². The number of ether oxygens (including phenoxy) is 2. The van der Waals surface area contributed by atoms with Crippen LogP contribution >= 0.6 is 15.6 Å². The first-order valence-electron chi connectivity index (χ1n) is 9.99. The number of aromatic amines is 1. The Morgan fingerprint density at radius 3 is 2.17 bits per heavy atom. The molecule has 0 bridgehead atoms. The van der Waals surface area contributed by atoms with Crippen LogP contribution < -0.4 is 11.2 Å². The fourth-order valence-electron chi connectivity index (χ4n) is 3.35. The Bertz CT molecular complexity index is 1120. The number of hydrogen-bond acceptors (Lipinski definition) is 15. The lowest BCUT2D eigenvalue weighted by atomic mass is 10.00. The van der Waals surface area contributed by atoms with Gasteiger partial charge in [0.15, 0.2) is 12.5 Å². The second-order valence-electron chi connectivity index (χ2n) is 7.68. The van der Waals surface area contributed by atoms with Crippen molar-refractivity contribution in [3.8, 4) is 0 Å². The highest BCUT2D eigenvalue weighted by atomic mass is 31.3. The molecule has 206 valence electrons. The van der Waals surface area contributed by atoms with Crippen molar-refractivity contribution in [2.75, 3.05) is 13.2 Å². The monoisotopic (exact) mass is 566 g/mol. The lowest BCUT2D eigenvalue weighted by Gasteiger charge is -2.39. The number of phosphoric ester groups is 2. The van der Waals surface area contributed by atoms with Gasteiger partial charge in [0, 0.05) is 12.3 Å². The molecule has 21 heteroatoms. The van der Waals surface area contributed by atoms with Crippen molar-refractivity contribution in [1.82, 2.24) is 9.55 Å². The van der Waals surface area contributed by atoms with E-state index in [9.17, 15) is 54.0 Å². The summed E-state index contributed by atoms with van der Waals surface area (Å²) in [6.45, 7) is -1.93. The summed E-state index contributed by atoms with van der Waals surface area (Å²) < 4.78 is 48.1. The molecule has 0 radical (unpaired) electrons. The maximum atomic E-state index is 12.2. The summed E-state index contributed by atoms with van der Waals surface area (Å²) in [6, 6.07) is 0.928. The Morgan fingerprint density at radius 1 is 0.917 bits per heavy atom. The normalized spacial score (nSPS) is 38.4. The van der Waals surface area contributed by atoms with E-state index < -0.39 is 95.4 Å². The summed E-state index contributed by atoms with van der Waals surface area (Å²) in [5, 5.41) is 58.6. The topological polar surface area (TPSA) is 297 Å². The Hall–Kier alpha value is -1.38. The first-order valence-corrected chi connectivity index (χ1v) is 13.0.